The zero-order valence-electron chi connectivity index (χ0n) is 11.4. The number of ether oxygens (including phenoxy) is 2. The SMILES string of the molecule is COc1ccnc(CNC2CCC(C)C2)c1OC. The maximum atomic E-state index is 5.38. The van der Waals surface area contributed by atoms with Crippen LogP contribution in [0.15, 0.2) is 12.3 Å². The van der Waals surface area contributed by atoms with Crippen LogP contribution in [0.25, 0.3) is 0 Å². The van der Waals surface area contributed by atoms with Gasteiger partial charge in [0.1, 0.15) is 0 Å². The number of hydrogen-bond donors (Lipinski definition) is 1. The first kappa shape index (κ1) is 13.1. The first-order valence-corrected chi connectivity index (χ1v) is 6.53. The van der Waals surface area contributed by atoms with Crippen molar-refractivity contribution in [1.29, 1.82) is 0 Å². The number of nitrogens with one attached hydrogen (secondary N) is 1. The molecule has 1 aromatic heterocycles. The Balaban J connectivity index is 2.00. The van der Waals surface area contributed by atoms with Crippen LogP contribution in [-0.2, 0) is 6.54 Å². The van der Waals surface area contributed by atoms with E-state index in [0.29, 0.717) is 6.04 Å². The third-order valence-corrected chi connectivity index (χ3v) is 3.62. The van der Waals surface area contributed by atoms with Gasteiger partial charge >= 0.3 is 0 Å². The van der Waals surface area contributed by atoms with E-state index in [0.717, 1.165) is 29.7 Å². The molecule has 1 fully saturated rings. The first-order chi connectivity index (χ1) is 8.74. The molecule has 1 aliphatic rings. The average Bonchev–Trinajstić information content (AvgIpc) is 2.81. The van der Waals surface area contributed by atoms with Crippen molar-refractivity contribution in [3.05, 3.63) is 18.0 Å². The van der Waals surface area contributed by atoms with Crippen LogP contribution in [-0.4, -0.2) is 25.2 Å². The van der Waals surface area contributed by atoms with Crippen LogP contribution in [0.5, 0.6) is 11.5 Å². The molecule has 0 amide bonds. The van der Waals surface area contributed by atoms with Gasteiger partial charge in [0, 0.05) is 24.8 Å². The normalized spacial score (nSPS) is 23.1. The van der Waals surface area contributed by atoms with Gasteiger partial charge in [-0.3, -0.25) is 4.98 Å². The van der Waals surface area contributed by atoms with Crippen LogP contribution in [0.3, 0.4) is 0 Å². The van der Waals surface area contributed by atoms with Crippen molar-refractivity contribution in [2.45, 2.75) is 38.8 Å². The van der Waals surface area contributed by atoms with E-state index in [9.17, 15) is 0 Å². The zero-order chi connectivity index (χ0) is 13.0. The lowest BCUT2D eigenvalue weighted by Crippen LogP contribution is -2.26. The molecular weight excluding hydrogens is 228 g/mol. The minimum Gasteiger partial charge on any atom is -0.493 e. The van der Waals surface area contributed by atoms with Crippen LogP contribution >= 0.6 is 0 Å². The van der Waals surface area contributed by atoms with E-state index in [1.807, 2.05) is 6.07 Å². The Hall–Kier alpha value is -1.29. The van der Waals surface area contributed by atoms with Crippen molar-refractivity contribution < 1.29 is 9.47 Å². The summed E-state index contributed by atoms with van der Waals surface area (Å²) < 4.78 is 10.6. The molecule has 2 atom stereocenters. The lowest BCUT2D eigenvalue weighted by molar-refractivity contribution is 0.347. The average molecular weight is 250 g/mol. The van der Waals surface area contributed by atoms with Crippen LogP contribution < -0.4 is 14.8 Å². The Morgan fingerprint density at radius 1 is 1.33 bits per heavy atom. The molecule has 0 spiro atoms. The molecule has 2 unspecified atom stereocenters. The van der Waals surface area contributed by atoms with E-state index < -0.39 is 0 Å². The summed E-state index contributed by atoms with van der Waals surface area (Å²) in [4.78, 5) is 4.37. The van der Waals surface area contributed by atoms with Crippen molar-refractivity contribution >= 4 is 0 Å². The van der Waals surface area contributed by atoms with E-state index in [1.54, 1.807) is 20.4 Å². The van der Waals surface area contributed by atoms with Gasteiger partial charge < -0.3 is 14.8 Å². The molecule has 100 valence electrons. The second-order valence-electron chi connectivity index (χ2n) is 4.99. The monoisotopic (exact) mass is 250 g/mol. The number of hydrogen-bond acceptors (Lipinski definition) is 4. The highest BCUT2D eigenvalue weighted by Crippen LogP contribution is 2.30. The summed E-state index contributed by atoms with van der Waals surface area (Å²) in [6, 6.07) is 2.43. The largest absolute Gasteiger partial charge is 0.493 e. The van der Waals surface area contributed by atoms with Gasteiger partial charge in [0.2, 0.25) is 0 Å². The highest BCUT2D eigenvalue weighted by Gasteiger charge is 2.21. The van der Waals surface area contributed by atoms with E-state index in [4.69, 9.17) is 9.47 Å². The second kappa shape index (κ2) is 6.05. The topological polar surface area (TPSA) is 43.4 Å². The molecule has 1 N–H and O–H groups in total. The maximum Gasteiger partial charge on any atom is 0.183 e. The van der Waals surface area contributed by atoms with Crippen LogP contribution in [0.2, 0.25) is 0 Å². The minimum absolute atomic E-state index is 0.609. The zero-order valence-corrected chi connectivity index (χ0v) is 11.4. The number of nitrogens with zero attached hydrogens (tertiary/aromatic N) is 1. The lowest BCUT2D eigenvalue weighted by atomic mass is 10.1. The van der Waals surface area contributed by atoms with Gasteiger partial charge in [-0.1, -0.05) is 6.92 Å². The number of rotatable bonds is 5. The van der Waals surface area contributed by atoms with Gasteiger partial charge in [0.25, 0.3) is 0 Å². The fourth-order valence-corrected chi connectivity index (χ4v) is 2.61. The quantitative estimate of drug-likeness (QED) is 0.871. The molecule has 0 aromatic carbocycles. The van der Waals surface area contributed by atoms with Gasteiger partial charge in [-0.05, 0) is 25.2 Å². The van der Waals surface area contributed by atoms with E-state index in [-0.39, 0.29) is 0 Å². The Labute approximate surface area is 109 Å². The molecule has 2 rings (SSSR count). The van der Waals surface area contributed by atoms with Gasteiger partial charge in [0.15, 0.2) is 11.5 Å². The highest BCUT2D eigenvalue weighted by molar-refractivity contribution is 5.42. The second-order valence-corrected chi connectivity index (χ2v) is 4.99. The molecule has 4 heteroatoms. The lowest BCUT2D eigenvalue weighted by Gasteiger charge is -2.15. The van der Waals surface area contributed by atoms with Gasteiger partial charge in [-0.15, -0.1) is 0 Å². The van der Waals surface area contributed by atoms with Gasteiger partial charge in [-0.2, -0.15) is 0 Å². The van der Waals surface area contributed by atoms with Gasteiger partial charge in [-0.25, -0.2) is 0 Å². The third kappa shape index (κ3) is 2.93. The van der Waals surface area contributed by atoms with E-state index in [1.165, 1.54) is 19.3 Å². The van der Waals surface area contributed by atoms with Crippen molar-refractivity contribution in [2.75, 3.05) is 14.2 Å². The molecule has 0 radical (unpaired) electrons. The predicted octanol–water partition coefficient (Wildman–Crippen LogP) is 2.38. The Kier molecular flexibility index (Phi) is 4.42. The highest BCUT2D eigenvalue weighted by atomic mass is 16.5. The molecule has 0 saturated heterocycles. The standard InChI is InChI=1S/C14H22N2O2/c1-10-4-5-11(8-10)16-9-12-14(18-3)13(17-2)6-7-15-12/h6-7,10-11,16H,4-5,8-9H2,1-3H3. The van der Waals surface area contributed by atoms with Gasteiger partial charge in [0.05, 0.1) is 19.9 Å². The fraction of sp³-hybridized carbons (Fsp3) is 0.643. The Bertz CT molecular complexity index is 395. The molecule has 18 heavy (non-hydrogen) atoms. The summed E-state index contributed by atoms with van der Waals surface area (Å²) in [6.45, 7) is 3.05. The molecule has 1 saturated carbocycles. The molecular formula is C14H22N2O2. The summed E-state index contributed by atoms with van der Waals surface area (Å²) >= 11 is 0. The summed E-state index contributed by atoms with van der Waals surface area (Å²) in [5.74, 6) is 2.31. The summed E-state index contributed by atoms with van der Waals surface area (Å²) in [5.41, 5.74) is 0.913. The number of aromatic nitrogens is 1. The summed E-state index contributed by atoms with van der Waals surface area (Å²) in [7, 11) is 3.30. The van der Waals surface area contributed by atoms with Crippen LogP contribution in [0.1, 0.15) is 31.9 Å². The summed E-state index contributed by atoms with van der Waals surface area (Å²) in [6.07, 6.45) is 5.59. The molecule has 0 bridgehead atoms. The molecule has 4 nitrogen and oxygen atoms in total. The van der Waals surface area contributed by atoms with Crippen LogP contribution in [0.4, 0.5) is 0 Å². The first-order valence-electron chi connectivity index (χ1n) is 6.53. The number of methoxy groups -OCH3 is 2. The Morgan fingerprint density at radius 2 is 2.17 bits per heavy atom. The Morgan fingerprint density at radius 3 is 2.78 bits per heavy atom. The predicted molar refractivity (Wildman–Crippen MR) is 71.0 cm³/mol. The third-order valence-electron chi connectivity index (χ3n) is 3.62. The number of pyridine rings is 1. The van der Waals surface area contributed by atoms with E-state index >= 15 is 0 Å². The minimum atomic E-state index is 0.609. The molecule has 1 heterocycles. The summed E-state index contributed by atoms with van der Waals surface area (Å²) in [5, 5.41) is 3.56. The van der Waals surface area contributed by atoms with E-state index in [2.05, 4.69) is 17.2 Å². The molecule has 1 aromatic rings. The van der Waals surface area contributed by atoms with Crippen molar-refractivity contribution in [2.24, 2.45) is 5.92 Å². The fourth-order valence-electron chi connectivity index (χ4n) is 2.61. The smallest absolute Gasteiger partial charge is 0.183 e. The van der Waals surface area contributed by atoms with Crippen molar-refractivity contribution in [1.82, 2.24) is 10.3 Å². The molecule has 1 aliphatic carbocycles. The van der Waals surface area contributed by atoms with Crippen molar-refractivity contribution in [3.8, 4) is 11.5 Å². The van der Waals surface area contributed by atoms with Crippen molar-refractivity contribution in [3.63, 3.8) is 0 Å². The van der Waals surface area contributed by atoms with Crippen LogP contribution in [0, 0.1) is 5.92 Å². The molecule has 0 aliphatic heterocycles. The maximum absolute atomic E-state index is 5.38.